The highest BCUT2D eigenvalue weighted by molar-refractivity contribution is 6.32. The summed E-state index contributed by atoms with van der Waals surface area (Å²) >= 11 is 5.39. The third-order valence-electron chi connectivity index (χ3n) is 1.99. The van der Waals surface area contributed by atoms with E-state index < -0.39 is 0 Å². The molecule has 0 N–H and O–H groups in total. The molecule has 0 spiro atoms. The minimum atomic E-state index is 0.999. The fourth-order valence-corrected chi connectivity index (χ4v) is 1.34. The third-order valence-corrected chi connectivity index (χ3v) is 2.13. The zero-order valence-electron chi connectivity index (χ0n) is 8.50. The van der Waals surface area contributed by atoms with Gasteiger partial charge in [0.1, 0.15) is 7.85 Å². The maximum atomic E-state index is 5.39. The number of aliphatic imine (C=N–C) groups is 1. The van der Waals surface area contributed by atoms with Gasteiger partial charge < -0.3 is 0 Å². The number of nitrogens with zero attached hydrogens (tertiary/aromatic N) is 1. The topological polar surface area (TPSA) is 12.4 Å². The van der Waals surface area contributed by atoms with Gasteiger partial charge in [0, 0.05) is 11.7 Å². The molecule has 0 saturated heterocycles. The summed E-state index contributed by atoms with van der Waals surface area (Å²) in [6.45, 7) is 2.13. The van der Waals surface area contributed by atoms with Crippen molar-refractivity contribution < 1.29 is 0 Å². The summed E-state index contributed by atoms with van der Waals surface area (Å²) in [5.74, 6) is 0. The van der Waals surface area contributed by atoms with Crippen molar-refractivity contribution in [1.29, 1.82) is 0 Å². The first-order chi connectivity index (χ1) is 6.77. The third kappa shape index (κ3) is 3.04. The van der Waals surface area contributed by atoms with Gasteiger partial charge in [-0.2, -0.15) is 0 Å². The van der Waals surface area contributed by atoms with Crippen molar-refractivity contribution >= 4 is 36.8 Å². The molecule has 1 aromatic carbocycles. The van der Waals surface area contributed by atoms with Gasteiger partial charge in [0.25, 0.3) is 0 Å². The van der Waals surface area contributed by atoms with Gasteiger partial charge in [-0.05, 0) is 24.1 Å². The van der Waals surface area contributed by atoms with E-state index in [1.807, 2.05) is 6.07 Å². The standard InChI is InChI=1S/C11H13BClN/c1-2-9-8-10(12)4-5-11(9)14-7-3-6-13/h3-8H,2,12H2,1H3/b6-3+,14-7-. The first kappa shape index (κ1) is 11.1. The normalized spacial score (nSPS) is 11.6. The molecular formula is C11H13BClN. The monoisotopic (exact) mass is 205 g/mol. The van der Waals surface area contributed by atoms with Gasteiger partial charge in [0.05, 0.1) is 5.69 Å². The van der Waals surface area contributed by atoms with Crippen molar-refractivity contribution in [2.24, 2.45) is 4.99 Å². The Morgan fingerprint density at radius 3 is 2.93 bits per heavy atom. The average molecular weight is 205 g/mol. The van der Waals surface area contributed by atoms with Gasteiger partial charge in [-0.15, -0.1) is 0 Å². The number of aryl methyl sites for hydroxylation is 1. The molecule has 0 atom stereocenters. The van der Waals surface area contributed by atoms with Crippen LogP contribution in [0.3, 0.4) is 0 Å². The van der Waals surface area contributed by atoms with Crippen LogP contribution < -0.4 is 5.46 Å². The van der Waals surface area contributed by atoms with E-state index in [-0.39, 0.29) is 0 Å². The van der Waals surface area contributed by atoms with Gasteiger partial charge >= 0.3 is 0 Å². The quantitative estimate of drug-likeness (QED) is 0.528. The smallest absolute Gasteiger partial charge is 0.139 e. The number of halogens is 1. The number of hydrogen-bond donors (Lipinski definition) is 0. The van der Waals surface area contributed by atoms with Gasteiger partial charge in [-0.25, -0.2) is 0 Å². The molecule has 0 bridgehead atoms. The van der Waals surface area contributed by atoms with Crippen molar-refractivity contribution in [3.05, 3.63) is 35.4 Å². The van der Waals surface area contributed by atoms with Gasteiger partial charge in [-0.1, -0.05) is 36.1 Å². The van der Waals surface area contributed by atoms with Crippen molar-refractivity contribution in [3.8, 4) is 0 Å². The maximum absolute atomic E-state index is 5.39. The molecule has 1 nitrogen and oxygen atoms in total. The van der Waals surface area contributed by atoms with Crippen LogP contribution in [0, 0.1) is 0 Å². The molecule has 0 aliphatic rings. The van der Waals surface area contributed by atoms with Gasteiger partial charge in [0.15, 0.2) is 0 Å². The second-order valence-corrected chi connectivity index (χ2v) is 3.33. The van der Waals surface area contributed by atoms with E-state index in [0.29, 0.717) is 0 Å². The first-order valence-electron chi connectivity index (χ1n) is 4.67. The SMILES string of the molecule is Bc1ccc(/N=C\C=C\Cl)c(CC)c1. The van der Waals surface area contributed by atoms with Gasteiger partial charge in [0.2, 0.25) is 0 Å². The molecule has 3 heteroatoms. The van der Waals surface area contributed by atoms with E-state index in [0.717, 1.165) is 12.1 Å². The number of rotatable bonds is 3. The highest BCUT2D eigenvalue weighted by Gasteiger charge is 1.97. The summed E-state index contributed by atoms with van der Waals surface area (Å²) in [4.78, 5) is 4.31. The van der Waals surface area contributed by atoms with Crippen molar-refractivity contribution in [3.63, 3.8) is 0 Å². The van der Waals surface area contributed by atoms with Crippen LogP contribution in [0.25, 0.3) is 0 Å². The molecule has 0 amide bonds. The van der Waals surface area contributed by atoms with Crippen LogP contribution in [-0.4, -0.2) is 14.1 Å². The van der Waals surface area contributed by atoms with Crippen molar-refractivity contribution in [2.75, 3.05) is 0 Å². The highest BCUT2D eigenvalue weighted by atomic mass is 35.5. The lowest BCUT2D eigenvalue weighted by molar-refractivity contribution is 1.14. The van der Waals surface area contributed by atoms with Crippen LogP contribution in [0.1, 0.15) is 12.5 Å². The Hall–Kier alpha value is -1.02. The molecule has 0 heterocycles. The second-order valence-electron chi connectivity index (χ2n) is 3.08. The molecule has 0 aromatic heterocycles. The van der Waals surface area contributed by atoms with E-state index in [2.05, 4.69) is 31.9 Å². The van der Waals surface area contributed by atoms with E-state index in [9.17, 15) is 0 Å². The van der Waals surface area contributed by atoms with Gasteiger partial charge in [-0.3, -0.25) is 4.99 Å². The number of allylic oxidation sites excluding steroid dienone is 1. The Bertz CT molecular complexity index is 358. The number of benzene rings is 1. The Morgan fingerprint density at radius 1 is 1.50 bits per heavy atom. The average Bonchev–Trinajstić information content (AvgIpc) is 2.20. The summed E-state index contributed by atoms with van der Waals surface area (Å²) in [7, 11) is 2.09. The lowest BCUT2D eigenvalue weighted by Crippen LogP contribution is -2.02. The molecule has 0 fully saturated rings. The van der Waals surface area contributed by atoms with E-state index in [4.69, 9.17) is 11.6 Å². The molecular weight excluding hydrogens is 192 g/mol. The molecule has 0 unspecified atom stereocenters. The summed E-state index contributed by atoms with van der Waals surface area (Å²) in [6, 6.07) is 6.26. The zero-order valence-corrected chi connectivity index (χ0v) is 9.25. The molecule has 14 heavy (non-hydrogen) atoms. The first-order valence-corrected chi connectivity index (χ1v) is 5.10. The molecule has 0 aliphatic carbocycles. The minimum absolute atomic E-state index is 0.999. The fraction of sp³-hybridized carbons (Fsp3) is 0.182. The van der Waals surface area contributed by atoms with E-state index in [1.165, 1.54) is 16.6 Å². The van der Waals surface area contributed by atoms with Crippen LogP contribution >= 0.6 is 11.6 Å². The molecule has 0 saturated carbocycles. The van der Waals surface area contributed by atoms with Crippen LogP contribution in [0.5, 0.6) is 0 Å². The Kier molecular flexibility index (Phi) is 4.47. The lowest BCUT2D eigenvalue weighted by atomic mass is 9.93. The van der Waals surface area contributed by atoms with Crippen molar-refractivity contribution in [1.82, 2.24) is 0 Å². The predicted octanol–water partition coefficient (Wildman–Crippen LogP) is 1.96. The largest absolute Gasteiger partial charge is 0.257 e. The Balaban J connectivity index is 2.96. The summed E-state index contributed by atoms with van der Waals surface area (Å²) in [5, 5.41) is 0. The van der Waals surface area contributed by atoms with Crippen LogP contribution in [0.4, 0.5) is 5.69 Å². The highest BCUT2D eigenvalue weighted by Crippen LogP contribution is 2.17. The van der Waals surface area contributed by atoms with Crippen molar-refractivity contribution in [2.45, 2.75) is 13.3 Å². The Labute approximate surface area is 90.9 Å². The predicted molar refractivity (Wildman–Crippen MR) is 67.1 cm³/mol. The second kappa shape index (κ2) is 5.66. The molecule has 1 rings (SSSR count). The summed E-state index contributed by atoms with van der Waals surface area (Å²) in [5.41, 5.74) is 5.01. The Morgan fingerprint density at radius 2 is 2.29 bits per heavy atom. The molecule has 1 aromatic rings. The molecule has 0 aliphatic heterocycles. The summed E-state index contributed by atoms with van der Waals surface area (Å²) in [6.07, 6.45) is 4.41. The van der Waals surface area contributed by atoms with Crippen LogP contribution in [0.2, 0.25) is 0 Å². The lowest BCUT2D eigenvalue weighted by Gasteiger charge is -2.03. The summed E-state index contributed by atoms with van der Waals surface area (Å²) < 4.78 is 0. The maximum Gasteiger partial charge on any atom is 0.139 e. The minimum Gasteiger partial charge on any atom is -0.257 e. The van der Waals surface area contributed by atoms with E-state index >= 15 is 0 Å². The number of hydrogen-bond acceptors (Lipinski definition) is 1. The van der Waals surface area contributed by atoms with Crippen LogP contribution in [-0.2, 0) is 6.42 Å². The molecule has 0 radical (unpaired) electrons. The fourth-order valence-electron chi connectivity index (χ4n) is 1.28. The van der Waals surface area contributed by atoms with E-state index in [1.54, 1.807) is 12.3 Å². The molecule has 72 valence electrons. The zero-order chi connectivity index (χ0) is 10.4. The van der Waals surface area contributed by atoms with Crippen LogP contribution in [0.15, 0.2) is 34.8 Å².